The molecule has 4 heteroatoms. The number of anilines is 5. The highest BCUT2D eigenvalue weighted by Crippen LogP contribution is 2.55. The summed E-state index contributed by atoms with van der Waals surface area (Å²) in [6.07, 6.45) is 6.18. The molecule has 15 rings (SSSR count). The molecular formula is C70H46N2O2. The second-order valence-corrected chi connectivity index (χ2v) is 19.5. The lowest BCUT2D eigenvalue weighted by atomic mass is 9.81. The minimum Gasteiger partial charge on any atom is -0.453 e. The first-order valence-electron chi connectivity index (χ1n) is 25.5. The molecule has 0 amide bonds. The van der Waals surface area contributed by atoms with Crippen molar-refractivity contribution in [1.82, 2.24) is 0 Å². The Hall–Kier alpha value is -9.64. The number of rotatable bonds is 6. The summed E-state index contributed by atoms with van der Waals surface area (Å²) in [5, 5.41) is 9.41. The maximum atomic E-state index is 6.64. The van der Waals surface area contributed by atoms with Crippen LogP contribution in [0.25, 0.3) is 87.6 Å². The van der Waals surface area contributed by atoms with Gasteiger partial charge in [0.1, 0.15) is 5.76 Å². The molecule has 0 fully saturated rings. The third-order valence-corrected chi connectivity index (χ3v) is 15.2. The summed E-state index contributed by atoms with van der Waals surface area (Å²) in [7, 11) is 0. The van der Waals surface area contributed by atoms with Gasteiger partial charge in [-0.3, -0.25) is 0 Å². The molecule has 74 heavy (non-hydrogen) atoms. The van der Waals surface area contributed by atoms with Crippen LogP contribution in [0.1, 0.15) is 12.8 Å². The standard InChI is InChI=1S/C70H46N2O2/c1-3-19-45(20-4-1)55-39-47-23-7-9-25-49(47)41-57(55)69-53-37-35-52(72-63-29-13-17-33-67(63)74-68-34-18-14-30-64(68)72)44-60(53)70(58-42-50-26-10-8-24-48(50)40-56(58)46-21-5-2-6-22-46)54-38-36-51(43-59(54)69)71-61-27-11-15-31-65(61)73-66-32-16-12-28-62(66)71/h1-13,15-29,31-44H,14,30H2. The Labute approximate surface area is 429 Å². The van der Waals surface area contributed by atoms with Crippen LogP contribution in [0.2, 0.25) is 0 Å². The van der Waals surface area contributed by atoms with E-state index >= 15 is 0 Å². The SMILES string of the molecule is C1=CC2=C(CC1)N(c1ccc3c(-c4cc5ccccc5cc4-c4ccccc4)c4cc(N5c6ccccc6Oc6ccccc65)ccc4c(-c4cc5ccccc5cc4-c4ccccc4)c3c1)c1ccccc1O2. The maximum Gasteiger partial charge on any atom is 0.151 e. The first-order chi connectivity index (χ1) is 36.7. The Morgan fingerprint density at radius 1 is 0.324 bits per heavy atom. The molecule has 4 nitrogen and oxygen atoms in total. The van der Waals surface area contributed by atoms with E-state index in [0.29, 0.717) is 0 Å². The number of allylic oxidation sites excluding steroid dienone is 3. The topological polar surface area (TPSA) is 24.9 Å². The van der Waals surface area contributed by atoms with Crippen LogP contribution >= 0.6 is 0 Å². The zero-order valence-electron chi connectivity index (χ0n) is 40.4. The Bertz CT molecular complexity index is 4280. The van der Waals surface area contributed by atoms with Crippen LogP contribution in [0.5, 0.6) is 17.2 Å². The van der Waals surface area contributed by atoms with Gasteiger partial charge in [-0.15, -0.1) is 0 Å². The average molecular weight is 947 g/mol. The van der Waals surface area contributed by atoms with Gasteiger partial charge in [0.2, 0.25) is 0 Å². The zero-order chi connectivity index (χ0) is 48.7. The summed E-state index contributed by atoms with van der Waals surface area (Å²) >= 11 is 0. The van der Waals surface area contributed by atoms with E-state index in [1.54, 1.807) is 0 Å². The van der Waals surface area contributed by atoms with Gasteiger partial charge in [-0.2, -0.15) is 0 Å². The molecule has 0 saturated heterocycles. The van der Waals surface area contributed by atoms with Crippen molar-refractivity contribution < 1.29 is 9.47 Å². The Kier molecular flexibility index (Phi) is 9.67. The fraction of sp³-hybridized carbons (Fsp3) is 0.0286. The van der Waals surface area contributed by atoms with Crippen LogP contribution in [0.15, 0.2) is 266 Å². The molecule has 348 valence electrons. The number of hydrogen-bond donors (Lipinski definition) is 0. The van der Waals surface area contributed by atoms with E-state index in [2.05, 4.69) is 252 Å². The summed E-state index contributed by atoms with van der Waals surface area (Å²) < 4.78 is 13.2. The van der Waals surface area contributed by atoms with Gasteiger partial charge in [0.05, 0.1) is 22.8 Å². The molecule has 1 aliphatic carbocycles. The summed E-state index contributed by atoms with van der Waals surface area (Å²) in [6.45, 7) is 0. The highest BCUT2D eigenvalue weighted by atomic mass is 16.5. The van der Waals surface area contributed by atoms with Gasteiger partial charge in [0.25, 0.3) is 0 Å². The molecule has 2 aliphatic heterocycles. The third kappa shape index (κ3) is 6.76. The van der Waals surface area contributed by atoms with Gasteiger partial charge in [-0.1, -0.05) is 164 Å². The number of nitrogens with zero attached hydrogens (tertiary/aromatic N) is 2. The van der Waals surface area contributed by atoms with Gasteiger partial charge in [0.15, 0.2) is 17.2 Å². The highest BCUT2D eigenvalue weighted by Gasteiger charge is 2.31. The molecule has 0 spiro atoms. The second kappa shape index (κ2) is 17.0. The summed E-state index contributed by atoms with van der Waals surface area (Å²) in [5.74, 6) is 3.39. The van der Waals surface area contributed by atoms with E-state index in [4.69, 9.17) is 9.47 Å². The molecule has 3 aliphatic rings. The lowest BCUT2D eigenvalue weighted by Crippen LogP contribution is -2.25. The van der Waals surface area contributed by atoms with Crippen molar-refractivity contribution in [3.05, 3.63) is 266 Å². The number of ether oxygens (including phenoxy) is 2. The van der Waals surface area contributed by atoms with Crippen LogP contribution in [-0.4, -0.2) is 0 Å². The van der Waals surface area contributed by atoms with Crippen molar-refractivity contribution in [3.8, 4) is 61.8 Å². The second-order valence-electron chi connectivity index (χ2n) is 19.5. The molecule has 12 aromatic carbocycles. The monoisotopic (exact) mass is 946 g/mol. The molecule has 0 unspecified atom stereocenters. The molecule has 0 aromatic heterocycles. The first-order valence-corrected chi connectivity index (χ1v) is 25.5. The maximum absolute atomic E-state index is 6.64. The first kappa shape index (κ1) is 42.1. The Morgan fingerprint density at radius 3 is 1.23 bits per heavy atom. The molecule has 0 N–H and O–H groups in total. The average Bonchev–Trinajstić information content (AvgIpc) is 3.47. The highest BCUT2D eigenvalue weighted by molar-refractivity contribution is 6.25. The summed E-state index contributed by atoms with van der Waals surface area (Å²) in [4.78, 5) is 4.82. The lowest BCUT2D eigenvalue weighted by molar-refractivity contribution is 0.421. The normalized spacial score (nSPS) is 13.6. The molecular weight excluding hydrogens is 901 g/mol. The largest absolute Gasteiger partial charge is 0.453 e. The van der Waals surface area contributed by atoms with Crippen molar-refractivity contribution in [2.24, 2.45) is 0 Å². The van der Waals surface area contributed by atoms with Crippen molar-refractivity contribution in [3.63, 3.8) is 0 Å². The van der Waals surface area contributed by atoms with Crippen LogP contribution < -0.4 is 19.3 Å². The number of fused-ring (bicyclic) bond motifs is 7. The van der Waals surface area contributed by atoms with Gasteiger partial charge >= 0.3 is 0 Å². The summed E-state index contributed by atoms with van der Waals surface area (Å²) in [6, 6.07) is 88.6. The van der Waals surface area contributed by atoms with E-state index in [0.717, 1.165) is 91.4 Å². The Balaban J connectivity index is 1.12. The molecule has 2 heterocycles. The van der Waals surface area contributed by atoms with Crippen LogP contribution in [0.4, 0.5) is 28.4 Å². The van der Waals surface area contributed by atoms with Crippen LogP contribution in [0.3, 0.4) is 0 Å². The van der Waals surface area contributed by atoms with Crippen molar-refractivity contribution >= 4 is 71.5 Å². The molecule has 0 bridgehead atoms. The molecule has 0 radical (unpaired) electrons. The fourth-order valence-corrected chi connectivity index (χ4v) is 11.9. The minimum atomic E-state index is 0.819. The molecule has 0 saturated carbocycles. The van der Waals surface area contributed by atoms with E-state index in [9.17, 15) is 0 Å². The number of benzene rings is 12. The van der Waals surface area contributed by atoms with Crippen molar-refractivity contribution in [1.29, 1.82) is 0 Å². The van der Waals surface area contributed by atoms with Gasteiger partial charge in [-0.05, 0) is 191 Å². The lowest BCUT2D eigenvalue weighted by Gasteiger charge is -2.36. The van der Waals surface area contributed by atoms with E-state index < -0.39 is 0 Å². The van der Waals surface area contributed by atoms with Gasteiger partial charge in [0, 0.05) is 11.4 Å². The number of hydrogen-bond acceptors (Lipinski definition) is 4. The summed E-state index contributed by atoms with van der Waals surface area (Å²) in [5.41, 5.74) is 15.7. The van der Waals surface area contributed by atoms with E-state index in [1.165, 1.54) is 66.2 Å². The fourth-order valence-electron chi connectivity index (χ4n) is 11.9. The predicted molar refractivity (Wildman–Crippen MR) is 308 cm³/mol. The smallest absolute Gasteiger partial charge is 0.151 e. The van der Waals surface area contributed by atoms with E-state index in [-0.39, 0.29) is 0 Å². The molecule has 0 atom stereocenters. The third-order valence-electron chi connectivity index (χ3n) is 15.2. The Morgan fingerprint density at radius 2 is 0.730 bits per heavy atom. The van der Waals surface area contributed by atoms with Gasteiger partial charge in [-0.25, -0.2) is 0 Å². The van der Waals surface area contributed by atoms with Gasteiger partial charge < -0.3 is 19.3 Å². The minimum absolute atomic E-state index is 0.819. The van der Waals surface area contributed by atoms with Crippen LogP contribution in [0, 0.1) is 0 Å². The van der Waals surface area contributed by atoms with Crippen molar-refractivity contribution in [2.75, 3.05) is 9.80 Å². The predicted octanol–water partition coefficient (Wildman–Crippen LogP) is 19.6. The van der Waals surface area contributed by atoms with Crippen molar-refractivity contribution in [2.45, 2.75) is 12.8 Å². The zero-order valence-corrected chi connectivity index (χ0v) is 40.4. The number of para-hydroxylation sites is 6. The van der Waals surface area contributed by atoms with Crippen LogP contribution in [-0.2, 0) is 0 Å². The quantitative estimate of drug-likeness (QED) is 0.155. The molecule has 12 aromatic rings. The van der Waals surface area contributed by atoms with E-state index in [1.807, 2.05) is 12.1 Å².